The fraction of sp³-hybridized carbons (Fsp3) is 0.556. The number of nitrogens with two attached hydrogens (primary N) is 1. The van der Waals surface area contributed by atoms with Gasteiger partial charge in [-0.1, -0.05) is 6.08 Å². The van der Waals surface area contributed by atoms with Crippen LogP contribution in [0.3, 0.4) is 0 Å². The number of hydrogen-bond acceptors (Lipinski definition) is 5. The van der Waals surface area contributed by atoms with E-state index < -0.39 is 18.1 Å². The third kappa shape index (κ3) is 5.69. The van der Waals surface area contributed by atoms with Gasteiger partial charge in [0.25, 0.3) is 0 Å². The lowest BCUT2D eigenvalue weighted by Crippen LogP contribution is -2.46. The number of hydrogen-bond donors (Lipinski definition) is 2. The van der Waals surface area contributed by atoms with Crippen LogP contribution in [-0.4, -0.2) is 38.4 Å². The number of rotatable bonds is 6. The van der Waals surface area contributed by atoms with Crippen molar-refractivity contribution in [2.24, 2.45) is 5.73 Å². The molecule has 0 bridgehead atoms. The summed E-state index contributed by atoms with van der Waals surface area (Å²) < 4.78 is 9.15. The van der Waals surface area contributed by atoms with E-state index in [2.05, 4.69) is 16.6 Å². The zero-order valence-electron chi connectivity index (χ0n) is 8.69. The van der Waals surface area contributed by atoms with Gasteiger partial charge in [0, 0.05) is 6.54 Å². The van der Waals surface area contributed by atoms with Gasteiger partial charge in [0.1, 0.15) is 6.04 Å². The smallest absolute Gasteiger partial charge is 0.407 e. The molecule has 0 aromatic rings. The SMILES string of the molecule is C=CCCOC(=O)N[C@@H](CN)C(=O)OC. The number of nitrogens with one attached hydrogen (secondary N) is 1. The molecule has 0 aromatic carbocycles. The first-order valence-electron chi connectivity index (χ1n) is 4.47. The molecule has 0 saturated carbocycles. The number of carbonyl (C=O) groups is 2. The lowest BCUT2D eigenvalue weighted by molar-refractivity contribution is -0.142. The maximum absolute atomic E-state index is 11.1. The summed E-state index contributed by atoms with van der Waals surface area (Å²) in [6, 6.07) is -0.869. The molecule has 0 rings (SSSR count). The lowest BCUT2D eigenvalue weighted by atomic mass is 10.3. The molecule has 0 aliphatic heterocycles. The lowest BCUT2D eigenvalue weighted by Gasteiger charge is -2.13. The Morgan fingerprint density at radius 3 is 2.73 bits per heavy atom. The van der Waals surface area contributed by atoms with Crippen LogP contribution in [0.25, 0.3) is 0 Å². The number of esters is 1. The maximum atomic E-state index is 11.1. The van der Waals surface area contributed by atoms with E-state index in [1.807, 2.05) is 0 Å². The summed E-state index contributed by atoms with van der Waals surface area (Å²) >= 11 is 0. The van der Waals surface area contributed by atoms with Gasteiger partial charge >= 0.3 is 12.1 Å². The highest BCUT2D eigenvalue weighted by Crippen LogP contribution is 1.89. The molecular weight excluding hydrogens is 200 g/mol. The Labute approximate surface area is 88.4 Å². The van der Waals surface area contributed by atoms with Crippen molar-refractivity contribution in [3.8, 4) is 0 Å². The summed E-state index contributed by atoms with van der Waals surface area (Å²) in [5.41, 5.74) is 5.27. The number of ether oxygens (including phenoxy) is 2. The Morgan fingerprint density at radius 2 is 2.27 bits per heavy atom. The molecule has 0 radical (unpaired) electrons. The van der Waals surface area contributed by atoms with E-state index in [4.69, 9.17) is 10.5 Å². The zero-order chi connectivity index (χ0) is 11.7. The fourth-order valence-corrected chi connectivity index (χ4v) is 0.775. The van der Waals surface area contributed by atoms with Crippen molar-refractivity contribution >= 4 is 12.1 Å². The Balaban J connectivity index is 3.90. The Kier molecular flexibility index (Phi) is 7.00. The number of methoxy groups -OCH3 is 1. The van der Waals surface area contributed by atoms with Gasteiger partial charge < -0.3 is 20.5 Å². The van der Waals surface area contributed by atoms with Crippen LogP contribution in [0.4, 0.5) is 4.79 Å². The summed E-state index contributed by atoms with van der Waals surface area (Å²) in [5.74, 6) is -0.599. The first-order chi connectivity index (χ1) is 7.15. The molecule has 0 saturated heterocycles. The summed E-state index contributed by atoms with van der Waals surface area (Å²) in [6.07, 6.45) is 1.48. The van der Waals surface area contributed by atoms with E-state index in [1.54, 1.807) is 6.08 Å². The van der Waals surface area contributed by atoms with Gasteiger partial charge in [0.05, 0.1) is 13.7 Å². The van der Waals surface area contributed by atoms with E-state index in [0.717, 1.165) is 0 Å². The van der Waals surface area contributed by atoms with Crippen molar-refractivity contribution in [3.05, 3.63) is 12.7 Å². The summed E-state index contributed by atoms with van der Waals surface area (Å²) in [4.78, 5) is 22.1. The van der Waals surface area contributed by atoms with Crippen LogP contribution < -0.4 is 11.1 Å². The van der Waals surface area contributed by atoms with Gasteiger partial charge in [0.2, 0.25) is 0 Å². The molecule has 0 aliphatic rings. The molecule has 1 amide bonds. The van der Waals surface area contributed by atoms with Crippen LogP contribution >= 0.6 is 0 Å². The number of amides is 1. The van der Waals surface area contributed by atoms with Gasteiger partial charge in [0.15, 0.2) is 0 Å². The molecule has 0 unspecified atom stereocenters. The highest BCUT2D eigenvalue weighted by Gasteiger charge is 2.19. The third-order valence-corrected chi connectivity index (χ3v) is 1.57. The molecule has 15 heavy (non-hydrogen) atoms. The Bertz CT molecular complexity index is 230. The quantitative estimate of drug-likeness (QED) is 0.364. The zero-order valence-corrected chi connectivity index (χ0v) is 8.69. The fourth-order valence-electron chi connectivity index (χ4n) is 0.775. The molecule has 0 aliphatic carbocycles. The average molecular weight is 216 g/mol. The summed E-state index contributed by atoms with van der Waals surface area (Å²) in [6.45, 7) is 3.65. The maximum Gasteiger partial charge on any atom is 0.407 e. The minimum absolute atomic E-state index is 0.0385. The second-order valence-corrected chi connectivity index (χ2v) is 2.67. The van der Waals surface area contributed by atoms with Gasteiger partial charge in [-0.05, 0) is 6.42 Å². The average Bonchev–Trinajstić information content (AvgIpc) is 2.25. The van der Waals surface area contributed by atoms with Crippen molar-refractivity contribution in [3.63, 3.8) is 0 Å². The molecule has 1 atom stereocenters. The van der Waals surface area contributed by atoms with Crippen molar-refractivity contribution in [1.82, 2.24) is 5.32 Å². The van der Waals surface area contributed by atoms with Crippen molar-refractivity contribution < 1.29 is 19.1 Å². The number of alkyl carbamates (subject to hydrolysis) is 1. The van der Waals surface area contributed by atoms with Crippen LogP contribution in [-0.2, 0) is 14.3 Å². The summed E-state index contributed by atoms with van der Waals surface area (Å²) in [5, 5.41) is 2.28. The van der Waals surface area contributed by atoms with Crippen LogP contribution in [0.15, 0.2) is 12.7 Å². The second-order valence-electron chi connectivity index (χ2n) is 2.67. The minimum Gasteiger partial charge on any atom is -0.467 e. The van der Waals surface area contributed by atoms with E-state index >= 15 is 0 Å². The van der Waals surface area contributed by atoms with E-state index in [-0.39, 0.29) is 13.2 Å². The highest BCUT2D eigenvalue weighted by molar-refractivity contribution is 5.81. The molecule has 0 heterocycles. The molecule has 86 valence electrons. The van der Waals surface area contributed by atoms with Crippen molar-refractivity contribution in [1.29, 1.82) is 0 Å². The van der Waals surface area contributed by atoms with Crippen LogP contribution in [0.1, 0.15) is 6.42 Å². The van der Waals surface area contributed by atoms with E-state index in [1.165, 1.54) is 7.11 Å². The van der Waals surface area contributed by atoms with Gasteiger partial charge in [-0.2, -0.15) is 0 Å². The Hall–Kier alpha value is -1.56. The highest BCUT2D eigenvalue weighted by atomic mass is 16.6. The molecule has 0 aromatic heterocycles. The molecule has 3 N–H and O–H groups in total. The van der Waals surface area contributed by atoms with Crippen molar-refractivity contribution in [2.45, 2.75) is 12.5 Å². The predicted octanol–water partition coefficient (Wildman–Crippen LogP) is -0.211. The predicted molar refractivity (Wildman–Crippen MR) is 54.2 cm³/mol. The third-order valence-electron chi connectivity index (χ3n) is 1.57. The van der Waals surface area contributed by atoms with Crippen LogP contribution in [0.2, 0.25) is 0 Å². The van der Waals surface area contributed by atoms with Gasteiger partial charge in [-0.15, -0.1) is 6.58 Å². The molecule has 6 heteroatoms. The normalized spacial score (nSPS) is 11.3. The van der Waals surface area contributed by atoms with E-state index in [9.17, 15) is 9.59 Å². The van der Waals surface area contributed by atoms with Crippen LogP contribution in [0.5, 0.6) is 0 Å². The standard InChI is InChI=1S/C9H16N2O4/c1-3-4-5-15-9(13)11-7(6-10)8(12)14-2/h3,7H,1,4-6,10H2,2H3,(H,11,13)/t7-/m0/s1. The second kappa shape index (κ2) is 7.81. The van der Waals surface area contributed by atoms with E-state index in [0.29, 0.717) is 6.42 Å². The molecule has 6 nitrogen and oxygen atoms in total. The largest absolute Gasteiger partial charge is 0.467 e. The minimum atomic E-state index is -0.869. The molecular formula is C9H16N2O4. The van der Waals surface area contributed by atoms with Gasteiger partial charge in [-0.3, -0.25) is 0 Å². The monoisotopic (exact) mass is 216 g/mol. The first-order valence-corrected chi connectivity index (χ1v) is 4.47. The van der Waals surface area contributed by atoms with Gasteiger partial charge in [-0.25, -0.2) is 9.59 Å². The molecule has 0 spiro atoms. The number of carbonyl (C=O) groups excluding carboxylic acids is 2. The summed E-state index contributed by atoms with van der Waals surface area (Å²) in [7, 11) is 1.22. The topological polar surface area (TPSA) is 90.6 Å². The van der Waals surface area contributed by atoms with Crippen molar-refractivity contribution in [2.75, 3.05) is 20.3 Å². The molecule has 0 fully saturated rings. The van der Waals surface area contributed by atoms with Crippen LogP contribution in [0, 0.1) is 0 Å². The first kappa shape index (κ1) is 13.4. The Morgan fingerprint density at radius 1 is 1.60 bits per heavy atom.